The summed E-state index contributed by atoms with van der Waals surface area (Å²) in [7, 11) is 0. The van der Waals surface area contributed by atoms with Gasteiger partial charge >= 0.3 is 0 Å². The van der Waals surface area contributed by atoms with Crippen LogP contribution in [0.3, 0.4) is 0 Å². The fourth-order valence-electron chi connectivity index (χ4n) is 16.5. The van der Waals surface area contributed by atoms with Crippen LogP contribution < -0.4 is 16.0 Å². The molecule has 0 aromatic carbocycles. The van der Waals surface area contributed by atoms with Crippen LogP contribution in [0, 0.1) is 0 Å². The zero-order valence-electron chi connectivity index (χ0n) is 68.3. The average Bonchev–Trinajstić information content (AvgIpc) is 1.58. The maximum Gasteiger partial charge on any atom is 0.217 e. The number of hydrogen-bond acceptors (Lipinski definition) is 53. The molecule has 736 valence electrons. The molecule has 11 heterocycles. The van der Waals surface area contributed by atoms with Crippen LogP contribution in [0.5, 0.6) is 0 Å². The summed E-state index contributed by atoms with van der Waals surface area (Å²) < 4.78 is 127. The van der Waals surface area contributed by atoms with E-state index in [-0.39, 0.29) is 0 Å². The first-order valence-electron chi connectivity index (χ1n) is 40.8. The van der Waals surface area contributed by atoms with Crippen molar-refractivity contribution in [2.75, 3.05) is 59.5 Å². The van der Waals surface area contributed by atoms with Gasteiger partial charge in [-0.3, -0.25) is 14.4 Å². The standard InChI is InChI=1S/C71H119N3O53/c1-15-32(84)42(94)49(101)64(110-15)107-13-27-39(91)56(123-68-52(104)45(97)35(87)21(7-76)114-68)31(74-19(5)83)63(118-27)126-59-47(99)38(90)26(12-108-65-50(102)44(96)34(86)20(6-75)113-65)119-70(59)109-14-28-40(92)58(125-69-53(105)46(98)36(88)22(8-77)115-69)60(127-67-48(100)37(89)23(9-78)116-67)71(120-28)121-54-24(10-79)117-62(29(41(54)93)72-17(3)81)122-55-25(11-80)112-61(106)30(73-18(4)82)57(55)124-66-51(103)43(95)33(85)16(2)111-66/h15-16,20-71,75-80,84-106H,6-14H2,1-5H3,(H,72,81)(H,73,82)(H,74,83)/t15-,16-,20+,21+,22+,23+,24+,25+,26+,27+,28+,29+,30+,31+,32+,33+,34+,35-,36+,37-,38+,39+,40+,41+,42+,43+,44-,45-,46-,47-,48+,49-,50-,51-,52+,53-,54+,55+,56+,57+,58-,59-,60-,61+,62-,63-,64+,65-,66-,67-,68-,69+,70-,71-/m0/s1. The Kier molecular flexibility index (Phi) is 36.8. The minimum absolute atomic E-state index is 0.879. The van der Waals surface area contributed by atoms with E-state index in [9.17, 15) is 162 Å². The minimum Gasteiger partial charge on any atom is -0.394 e. The van der Waals surface area contributed by atoms with Gasteiger partial charge in [0.2, 0.25) is 17.7 Å². The van der Waals surface area contributed by atoms with E-state index in [0.717, 1.165) is 20.8 Å². The maximum atomic E-state index is 13.5. The van der Waals surface area contributed by atoms with Crippen molar-refractivity contribution in [1.82, 2.24) is 16.0 Å². The van der Waals surface area contributed by atoms with Gasteiger partial charge in [0.1, 0.15) is 250 Å². The maximum absolute atomic E-state index is 13.5. The number of carbonyl (C=O) groups is 3. The molecule has 0 bridgehead atoms. The van der Waals surface area contributed by atoms with E-state index in [0.29, 0.717) is 0 Å². The second-order valence-corrected chi connectivity index (χ2v) is 32.6. The van der Waals surface area contributed by atoms with E-state index in [1.54, 1.807) is 0 Å². The molecule has 56 nitrogen and oxygen atoms in total. The molecule has 11 aliphatic heterocycles. The molecule has 0 spiro atoms. The third-order valence-electron chi connectivity index (χ3n) is 23.7. The summed E-state index contributed by atoms with van der Waals surface area (Å²) in [6.07, 6.45) is -108. The van der Waals surface area contributed by atoms with Crippen LogP contribution in [-0.2, 0) is 114 Å². The molecule has 0 aromatic heterocycles. The summed E-state index contributed by atoms with van der Waals surface area (Å²) in [6, 6.07) is -5.98. The SMILES string of the molecule is CC(=O)N[C@@H]1[C@@H](O[C@@H]2O[C@@H](C)[C@@H](O)[C@@H](O)[C@@H]2O)[C@H](O[C@@H]2O[C@H](CO)[C@@H](O[C@@H]3O[C@H](CO[C@H]4O[C@H](CO[C@H]5O[C@H](CO)[C@@H](O)[C@H](O)[C@@H]5O)[C@@H](O)[C@H](O)[C@@H]4O[C@@H]4O[C@H](CO[C@@H]5O[C@@H](C)[C@@H](O)[C@@H](O)[C@@H]5O)[C@@H](O)[C@H](O[C@@H]5O[C@H](CO)[C@H](O)[C@H](O)[C@H]5O)[C@H]4NC(C)=O)[C@@H](O)[C@H](O[C@H]4O[C@H](CO)[C@@H](O)[C@H](O)[C@@H]4O)[C@@H]3O[C@@H]3O[C@H](CO)[C@H](O)[C@H]3O)[C@H](O)[C@H]2NC(C)=O)[C@@H](CO)O[C@H]1O. The second kappa shape index (κ2) is 44.9. The highest BCUT2D eigenvalue weighted by Gasteiger charge is 2.63. The van der Waals surface area contributed by atoms with Gasteiger partial charge in [0.05, 0.1) is 71.7 Å². The van der Waals surface area contributed by atoms with E-state index >= 15 is 0 Å². The molecular formula is C71H119N3O53. The smallest absolute Gasteiger partial charge is 0.217 e. The summed E-state index contributed by atoms with van der Waals surface area (Å²) in [5, 5.41) is 331. The lowest BCUT2D eigenvalue weighted by Gasteiger charge is -2.52. The van der Waals surface area contributed by atoms with Crippen LogP contribution in [0.25, 0.3) is 0 Å². The van der Waals surface area contributed by atoms with E-state index < -0.39 is 409 Å². The van der Waals surface area contributed by atoms with Gasteiger partial charge in [-0.1, -0.05) is 0 Å². The highest BCUT2D eigenvalue weighted by Crippen LogP contribution is 2.42. The van der Waals surface area contributed by atoms with Crippen LogP contribution in [0.2, 0.25) is 0 Å². The molecule has 11 rings (SSSR count). The summed E-state index contributed by atoms with van der Waals surface area (Å²) in [5.74, 6) is -2.95. The van der Waals surface area contributed by atoms with Crippen LogP contribution >= 0.6 is 0 Å². The third-order valence-corrected chi connectivity index (χ3v) is 23.7. The van der Waals surface area contributed by atoms with Gasteiger partial charge in [-0.2, -0.15) is 0 Å². The number of aliphatic hydroxyl groups is 29. The largest absolute Gasteiger partial charge is 0.394 e. The van der Waals surface area contributed by atoms with Gasteiger partial charge in [-0.15, -0.1) is 0 Å². The Balaban J connectivity index is 0.988. The summed E-state index contributed by atoms with van der Waals surface area (Å²) in [6.45, 7) is -4.86. The molecular weight excluding hydrogens is 1740 g/mol. The summed E-state index contributed by atoms with van der Waals surface area (Å²) in [5.41, 5.74) is 0. The quantitative estimate of drug-likeness (QED) is 0.0297. The Hall–Kier alpha value is -3.59. The Morgan fingerprint density at radius 1 is 0.220 bits per heavy atom. The number of rotatable bonds is 32. The van der Waals surface area contributed by atoms with Gasteiger partial charge in [0.15, 0.2) is 69.2 Å². The highest BCUT2D eigenvalue weighted by atomic mass is 16.8. The van der Waals surface area contributed by atoms with Gasteiger partial charge in [0.25, 0.3) is 0 Å². The molecule has 32 N–H and O–H groups in total. The number of amides is 3. The van der Waals surface area contributed by atoms with Gasteiger partial charge < -0.3 is 264 Å². The Labute approximate surface area is 719 Å². The Morgan fingerprint density at radius 2 is 0.504 bits per heavy atom. The number of hydrogen-bond donors (Lipinski definition) is 32. The third kappa shape index (κ3) is 22.7. The molecule has 0 radical (unpaired) electrons. The molecule has 0 unspecified atom stereocenters. The first-order chi connectivity index (χ1) is 60.0. The van der Waals surface area contributed by atoms with Crippen molar-refractivity contribution >= 4 is 17.7 Å². The molecule has 0 saturated carbocycles. The molecule has 127 heavy (non-hydrogen) atoms. The molecule has 0 aromatic rings. The second-order valence-electron chi connectivity index (χ2n) is 32.6. The van der Waals surface area contributed by atoms with Crippen molar-refractivity contribution in [1.29, 1.82) is 0 Å². The average molecular weight is 1860 g/mol. The molecule has 54 atom stereocenters. The van der Waals surface area contributed by atoms with E-state index in [1.165, 1.54) is 13.8 Å². The van der Waals surface area contributed by atoms with Crippen LogP contribution in [0.4, 0.5) is 0 Å². The minimum atomic E-state index is -2.58. The summed E-state index contributed by atoms with van der Waals surface area (Å²) in [4.78, 5) is 39.8. The van der Waals surface area contributed by atoms with Gasteiger partial charge in [-0.25, -0.2) is 0 Å². The van der Waals surface area contributed by atoms with E-state index in [2.05, 4.69) is 16.0 Å². The molecule has 3 amide bonds. The number of nitrogens with one attached hydrogen (secondary N) is 3. The fourth-order valence-corrected chi connectivity index (χ4v) is 16.5. The molecule has 11 aliphatic rings. The van der Waals surface area contributed by atoms with Gasteiger partial charge in [0, 0.05) is 20.8 Å². The van der Waals surface area contributed by atoms with Crippen molar-refractivity contribution in [2.45, 2.75) is 366 Å². The van der Waals surface area contributed by atoms with Crippen LogP contribution in [-0.4, -0.2) is 557 Å². The number of ether oxygens (including phenoxy) is 21. The van der Waals surface area contributed by atoms with Crippen molar-refractivity contribution in [3.05, 3.63) is 0 Å². The van der Waals surface area contributed by atoms with E-state index in [4.69, 9.17) is 99.5 Å². The normalized spacial score (nSPS) is 51.3. The van der Waals surface area contributed by atoms with Crippen molar-refractivity contribution in [2.24, 2.45) is 0 Å². The highest BCUT2D eigenvalue weighted by molar-refractivity contribution is 5.74. The van der Waals surface area contributed by atoms with Crippen molar-refractivity contribution in [3.63, 3.8) is 0 Å². The number of carbonyl (C=O) groups excluding carboxylic acids is 3. The molecule has 0 aliphatic carbocycles. The Bertz CT molecular complexity index is 3420. The monoisotopic (exact) mass is 1860 g/mol. The van der Waals surface area contributed by atoms with Gasteiger partial charge in [-0.05, 0) is 13.8 Å². The zero-order valence-corrected chi connectivity index (χ0v) is 68.3. The molecule has 11 fully saturated rings. The lowest BCUT2D eigenvalue weighted by Crippen LogP contribution is -2.71. The van der Waals surface area contributed by atoms with Crippen LogP contribution in [0.15, 0.2) is 0 Å². The number of aliphatic hydroxyl groups excluding tert-OH is 29. The van der Waals surface area contributed by atoms with Crippen LogP contribution in [0.1, 0.15) is 34.6 Å². The lowest BCUT2D eigenvalue weighted by molar-refractivity contribution is -0.402. The summed E-state index contributed by atoms with van der Waals surface area (Å²) >= 11 is 0. The molecule has 56 heteroatoms. The lowest BCUT2D eigenvalue weighted by atomic mass is 9.93. The van der Waals surface area contributed by atoms with E-state index in [1.807, 2.05) is 0 Å². The molecule has 11 saturated heterocycles. The Morgan fingerprint density at radius 3 is 0.976 bits per heavy atom. The first-order valence-corrected chi connectivity index (χ1v) is 40.8. The predicted molar refractivity (Wildman–Crippen MR) is 388 cm³/mol. The van der Waals surface area contributed by atoms with Crippen molar-refractivity contribution < 1.29 is 262 Å². The fraction of sp³-hybridized carbons (Fsp3) is 0.958. The zero-order chi connectivity index (χ0) is 93.2. The predicted octanol–water partition coefficient (Wildman–Crippen LogP) is -21.9. The first kappa shape index (κ1) is 104. The van der Waals surface area contributed by atoms with Crippen molar-refractivity contribution in [3.8, 4) is 0 Å². The topological polar surface area (TPSA) is 868 Å².